The lowest BCUT2D eigenvalue weighted by molar-refractivity contribution is -0.132. The normalized spacial score (nSPS) is 18.8. The number of Topliss-reactive ketones (excluding diaryl/α,β-unsaturated/α-hetero) is 1. The van der Waals surface area contributed by atoms with E-state index in [1.54, 1.807) is 20.1 Å². The number of amides is 3. The smallest absolute Gasteiger partial charge is 0.274 e. The minimum absolute atomic E-state index is 0.0628. The van der Waals surface area contributed by atoms with Crippen LogP contribution in [0.25, 0.3) is 0 Å². The summed E-state index contributed by atoms with van der Waals surface area (Å²) in [7, 11) is 0. The summed E-state index contributed by atoms with van der Waals surface area (Å²) >= 11 is 2.75. The lowest BCUT2D eigenvalue weighted by Crippen LogP contribution is -2.58. The molecular formula is C25H32N4O6S2. The third-order valence-electron chi connectivity index (χ3n) is 5.80. The van der Waals surface area contributed by atoms with Crippen molar-refractivity contribution in [3.05, 3.63) is 53.4 Å². The Balaban J connectivity index is 1.70. The first-order chi connectivity index (χ1) is 17.7. The largest absolute Gasteiger partial charge is 0.361 e. The van der Waals surface area contributed by atoms with E-state index in [2.05, 4.69) is 21.1 Å². The van der Waals surface area contributed by atoms with Crippen molar-refractivity contribution >= 4 is 47.0 Å². The van der Waals surface area contributed by atoms with Crippen LogP contribution in [-0.2, 0) is 25.5 Å². The molecule has 1 aromatic heterocycles. The molecule has 10 nitrogen and oxygen atoms in total. The lowest BCUT2D eigenvalue weighted by atomic mass is 9.94. The average molecular weight is 549 g/mol. The molecule has 3 N–H and O–H groups in total. The Morgan fingerprint density at radius 1 is 0.973 bits per heavy atom. The summed E-state index contributed by atoms with van der Waals surface area (Å²) in [6.07, 6.45) is 3.91. The Morgan fingerprint density at radius 2 is 1.54 bits per heavy atom. The zero-order valence-electron chi connectivity index (χ0n) is 21.2. The Kier molecular flexibility index (Phi) is 10.2. The number of nitrogens with one attached hydrogen (secondary N) is 3. The molecule has 1 aliphatic rings. The van der Waals surface area contributed by atoms with Crippen LogP contribution in [0.15, 0.2) is 40.9 Å². The summed E-state index contributed by atoms with van der Waals surface area (Å²) in [5.41, 5.74) is 0.0348. The molecule has 37 heavy (non-hydrogen) atoms. The highest BCUT2D eigenvalue weighted by atomic mass is 32.2. The molecule has 0 radical (unpaired) electrons. The molecule has 1 aliphatic heterocycles. The quantitative estimate of drug-likeness (QED) is 0.298. The molecule has 1 fully saturated rings. The number of carbonyl (C=O) groups excluding carboxylic acids is 4. The van der Waals surface area contributed by atoms with E-state index in [9.17, 15) is 19.2 Å². The second-order valence-corrected chi connectivity index (χ2v) is 10.8. The topological polar surface area (TPSA) is 143 Å². The fourth-order valence-electron chi connectivity index (χ4n) is 3.63. The van der Waals surface area contributed by atoms with Crippen molar-refractivity contribution in [2.24, 2.45) is 0 Å². The molecule has 1 saturated heterocycles. The molecular weight excluding hydrogens is 516 g/mol. The van der Waals surface area contributed by atoms with Gasteiger partial charge in [0.25, 0.3) is 5.91 Å². The number of aryl methyl sites for hydroxylation is 1. The summed E-state index contributed by atoms with van der Waals surface area (Å²) in [6.45, 7) is 3.67. The van der Waals surface area contributed by atoms with Crippen molar-refractivity contribution in [3.63, 3.8) is 0 Å². The molecule has 2 aromatic rings. The van der Waals surface area contributed by atoms with Crippen molar-refractivity contribution in [1.29, 1.82) is 0 Å². The highest BCUT2D eigenvalue weighted by Gasteiger charge is 2.50. The van der Waals surface area contributed by atoms with E-state index in [4.69, 9.17) is 9.26 Å². The SMILES string of the molecule is CSC[C@@H](NC(=O)c1cc(C)on1)C(=O)N[C@H](CSC)C(=O)N[C@@H](Cc1ccccc1)C(=O)[C@@]1(C)CO1. The van der Waals surface area contributed by atoms with Gasteiger partial charge in [-0.05, 0) is 38.3 Å². The third-order valence-corrected chi connectivity index (χ3v) is 7.13. The maximum absolute atomic E-state index is 13.3. The summed E-state index contributed by atoms with van der Waals surface area (Å²) in [5.74, 6) is -0.731. The van der Waals surface area contributed by atoms with E-state index >= 15 is 0 Å². The Bertz CT molecular complexity index is 1110. The maximum atomic E-state index is 13.3. The minimum atomic E-state index is -0.919. The number of hydrogen-bond donors (Lipinski definition) is 3. The number of epoxide rings is 1. The fourth-order valence-corrected chi connectivity index (χ4v) is 4.76. The number of ether oxygens (including phenoxy) is 1. The van der Waals surface area contributed by atoms with E-state index in [-0.39, 0.29) is 23.0 Å². The highest BCUT2D eigenvalue weighted by Crippen LogP contribution is 2.29. The molecule has 2 heterocycles. The highest BCUT2D eigenvalue weighted by molar-refractivity contribution is 7.98. The number of rotatable bonds is 14. The molecule has 4 atom stereocenters. The number of benzene rings is 1. The monoisotopic (exact) mass is 548 g/mol. The number of carbonyl (C=O) groups is 4. The van der Waals surface area contributed by atoms with Crippen molar-refractivity contribution in [2.75, 3.05) is 30.6 Å². The minimum Gasteiger partial charge on any atom is -0.361 e. The number of aromatic nitrogens is 1. The van der Waals surface area contributed by atoms with Gasteiger partial charge in [-0.15, -0.1) is 0 Å². The van der Waals surface area contributed by atoms with Crippen LogP contribution in [0.3, 0.4) is 0 Å². The van der Waals surface area contributed by atoms with Gasteiger partial charge in [-0.25, -0.2) is 0 Å². The Labute approximate surface area is 224 Å². The maximum Gasteiger partial charge on any atom is 0.274 e. The van der Waals surface area contributed by atoms with Gasteiger partial charge in [0, 0.05) is 17.6 Å². The van der Waals surface area contributed by atoms with E-state index in [1.165, 1.54) is 29.6 Å². The first-order valence-electron chi connectivity index (χ1n) is 11.7. The van der Waals surface area contributed by atoms with Crippen molar-refractivity contribution < 1.29 is 28.4 Å². The van der Waals surface area contributed by atoms with Gasteiger partial charge < -0.3 is 25.2 Å². The summed E-state index contributed by atoms with van der Waals surface area (Å²) < 4.78 is 10.3. The second-order valence-electron chi connectivity index (χ2n) is 8.96. The van der Waals surface area contributed by atoms with Gasteiger partial charge in [-0.1, -0.05) is 35.5 Å². The van der Waals surface area contributed by atoms with Crippen LogP contribution < -0.4 is 16.0 Å². The first-order valence-corrected chi connectivity index (χ1v) is 14.5. The summed E-state index contributed by atoms with van der Waals surface area (Å²) in [4.78, 5) is 52.1. The molecule has 0 spiro atoms. The zero-order chi connectivity index (χ0) is 27.0. The molecule has 200 valence electrons. The Hall–Kier alpha value is -2.83. The number of nitrogens with zero attached hydrogens (tertiary/aromatic N) is 1. The molecule has 12 heteroatoms. The number of thioether (sulfide) groups is 2. The van der Waals surface area contributed by atoms with Crippen LogP contribution in [0.1, 0.15) is 28.7 Å². The van der Waals surface area contributed by atoms with Gasteiger partial charge in [0.1, 0.15) is 23.4 Å². The Morgan fingerprint density at radius 3 is 2.05 bits per heavy atom. The van der Waals surface area contributed by atoms with Gasteiger partial charge in [0.15, 0.2) is 11.5 Å². The fraction of sp³-hybridized carbons (Fsp3) is 0.480. The average Bonchev–Trinajstić information content (AvgIpc) is 3.48. The van der Waals surface area contributed by atoms with Crippen molar-refractivity contribution in [3.8, 4) is 0 Å². The van der Waals surface area contributed by atoms with Crippen LogP contribution in [0.2, 0.25) is 0 Å². The van der Waals surface area contributed by atoms with Crippen LogP contribution in [0.4, 0.5) is 0 Å². The van der Waals surface area contributed by atoms with Crippen LogP contribution in [0.5, 0.6) is 0 Å². The van der Waals surface area contributed by atoms with Gasteiger partial charge in [-0.3, -0.25) is 19.2 Å². The van der Waals surface area contributed by atoms with E-state index in [0.29, 0.717) is 18.8 Å². The second kappa shape index (κ2) is 13.1. The zero-order valence-corrected chi connectivity index (χ0v) is 22.9. The summed E-state index contributed by atoms with van der Waals surface area (Å²) in [6, 6.07) is 8.21. The van der Waals surface area contributed by atoms with Crippen LogP contribution >= 0.6 is 23.5 Å². The molecule has 1 aromatic carbocycles. The predicted octanol–water partition coefficient (Wildman–Crippen LogP) is 1.38. The molecule has 0 unspecified atom stereocenters. The van der Waals surface area contributed by atoms with Gasteiger partial charge in [-0.2, -0.15) is 23.5 Å². The van der Waals surface area contributed by atoms with Gasteiger partial charge in [0.2, 0.25) is 11.8 Å². The molecule has 0 saturated carbocycles. The van der Waals surface area contributed by atoms with Crippen molar-refractivity contribution in [1.82, 2.24) is 21.1 Å². The first kappa shape index (κ1) is 28.7. The van der Waals surface area contributed by atoms with Gasteiger partial charge >= 0.3 is 0 Å². The van der Waals surface area contributed by atoms with Gasteiger partial charge in [0.05, 0.1) is 12.6 Å². The number of hydrogen-bond acceptors (Lipinski definition) is 9. The van der Waals surface area contributed by atoms with E-state index < -0.39 is 41.4 Å². The van der Waals surface area contributed by atoms with E-state index in [1.807, 2.05) is 36.6 Å². The summed E-state index contributed by atoms with van der Waals surface area (Å²) in [5, 5.41) is 11.9. The predicted molar refractivity (Wildman–Crippen MR) is 143 cm³/mol. The van der Waals surface area contributed by atoms with E-state index in [0.717, 1.165) is 5.56 Å². The number of ketones is 1. The molecule has 3 amide bonds. The van der Waals surface area contributed by atoms with Crippen LogP contribution in [-0.4, -0.2) is 83.0 Å². The molecule has 3 rings (SSSR count). The standard InChI is InChI=1S/C25H32N4O6S2/c1-15-10-18(29-35-15)22(31)27-20(13-37-4)24(33)28-19(12-36-3)23(32)26-17(21(30)25(2)14-34-25)11-16-8-6-5-7-9-16/h5-10,17,19-20H,11-14H2,1-4H3,(H,26,32)(H,27,31)(H,28,33)/t17-,19+,20+,25+/m0/s1. The molecule has 0 aliphatic carbocycles. The molecule has 0 bridgehead atoms. The third kappa shape index (κ3) is 8.08. The van der Waals surface area contributed by atoms with Crippen LogP contribution in [0, 0.1) is 6.92 Å². The van der Waals surface area contributed by atoms with Crippen molar-refractivity contribution in [2.45, 2.75) is 44.0 Å². The lowest BCUT2D eigenvalue weighted by Gasteiger charge is -2.25.